The number of ether oxygens (including phenoxy) is 1. The van der Waals surface area contributed by atoms with Gasteiger partial charge in [-0.05, 0) is 62.4 Å². The molecule has 1 atom stereocenters. The van der Waals surface area contributed by atoms with Gasteiger partial charge in [-0.3, -0.25) is 9.88 Å². The minimum atomic E-state index is -4.63. The first-order valence-electron chi connectivity index (χ1n) is 11.8. The third-order valence-electron chi connectivity index (χ3n) is 7.10. The average molecular weight is 484 g/mol. The van der Waals surface area contributed by atoms with E-state index < -0.39 is 11.7 Å². The van der Waals surface area contributed by atoms with Crippen LogP contribution in [0.4, 0.5) is 18.9 Å². The predicted molar refractivity (Wildman–Crippen MR) is 130 cm³/mol. The molecule has 3 N–H and O–H groups in total. The van der Waals surface area contributed by atoms with Gasteiger partial charge in [-0.25, -0.2) is 4.98 Å². The molecule has 1 fully saturated rings. The van der Waals surface area contributed by atoms with Gasteiger partial charge in [0.15, 0.2) is 0 Å². The maximum Gasteiger partial charge on any atom is 0.418 e. The molecular weight excluding hydrogens is 455 g/mol. The Morgan fingerprint density at radius 3 is 2.57 bits per heavy atom. The number of aryl methyl sites for hydroxylation is 2. The molecule has 0 spiro atoms. The number of halogens is 3. The first-order chi connectivity index (χ1) is 16.6. The number of hydrogen-bond donors (Lipinski definition) is 2. The summed E-state index contributed by atoms with van der Waals surface area (Å²) in [6.07, 6.45) is -0.895. The maximum absolute atomic E-state index is 14.2. The number of benzene rings is 1. The second-order valence-electron chi connectivity index (χ2n) is 9.39. The summed E-state index contributed by atoms with van der Waals surface area (Å²) in [5.74, 6) is 0. The zero-order valence-corrected chi connectivity index (χ0v) is 19.8. The highest BCUT2D eigenvalue weighted by Gasteiger charge is 2.38. The Morgan fingerprint density at radius 2 is 1.94 bits per heavy atom. The van der Waals surface area contributed by atoms with Crippen LogP contribution in [-0.4, -0.2) is 52.9 Å². The lowest BCUT2D eigenvalue weighted by Gasteiger charge is -2.38. The van der Waals surface area contributed by atoms with E-state index in [1.807, 2.05) is 19.1 Å². The lowest BCUT2D eigenvalue weighted by molar-refractivity contribution is -0.136. The summed E-state index contributed by atoms with van der Waals surface area (Å²) in [6, 6.07) is 4.88. The second kappa shape index (κ2) is 8.87. The lowest BCUT2D eigenvalue weighted by atomic mass is 9.81. The smallest absolute Gasteiger partial charge is 0.398 e. The summed E-state index contributed by atoms with van der Waals surface area (Å²) in [7, 11) is 0. The zero-order chi connectivity index (χ0) is 24.9. The molecule has 3 aromatic rings. The van der Waals surface area contributed by atoms with E-state index in [-0.39, 0.29) is 23.0 Å². The van der Waals surface area contributed by atoms with Crippen LogP contribution in [0.25, 0.3) is 22.2 Å². The van der Waals surface area contributed by atoms with Gasteiger partial charge in [0.2, 0.25) is 0 Å². The number of alkyl halides is 3. The van der Waals surface area contributed by atoms with Crippen molar-refractivity contribution in [3.63, 3.8) is 0 Å². The van der Waals surface area contributed by atoms with Gasteiger partial charge in [0.25, 0.3) is 0 Å². The Morgan fingerprint density at radius 1 is 1.20 bits per heavy atom. The van der Waals surface area contributed by atoms with E-state index in [9.17, 15) is 13.2 Å². The zero-order valence-electron chi connectivity index (χ0n) is 19.8. The number of anilines is 1. The lowest BCUT2D eigenvalue weighted by Crippen LogP contribution is -2.46. The molecule has 1 unspecified atom stereocenters. The van der Waals surface area contributed by atoms with Crippen LogP contribution in [0.5, 0.6) is 0 Å². The number of pyridine rings is 2. The molecule has 1 aliphatic heterocycles. The van der Waals surface area contributed by atoms with Crippen LogP contribution >= 0.6 is 0 Å². The van der Waals surface area contributed by atoms with Crippen LogP contribution < -0.4 is 5.73 Å². The van der Waals surface area contributed by atoms with Crippen molar-refractivity contribution >= 4 is 22.3 Å². The fourth-order valence-electron chi connectivity index (χ4n) is 5.44. The highest BCUT2D eigenvalue weighted by atomic mass is 19.4. The number of fused-ring (bicyclic) bond motifs is 3. The highest BCUT2D eigenvalue weighted by Crippen LogP contribution is 2.44. The van der Waals surface area contributed by atoms with Crippen molar-refractivity contribution in [1.29, 1.82) is 5.41 Å². The number of nitrogens with one attached hydrogen (secondary N) is 1. The summed E-state index contributed by atoms with van der Waals surface area (Å²) < 4.78 is 48.0. The largest absolute Gasteiger partial charge is 0.418 e. The van der Waals surface area contributed by atoms with E-state index in [1.54, 1.807) is 13.1 Å². The van der Waals surface area contributed by atoms with Crippen molar-refractivity contribution in [2.24, 2.45) is 0 Å². The normalized spacial score (nSPS) is 19.1. The number of nitrogens with two attached hydrogens (primary N) is 1. The molecule has 2 aromatic heterocycles. The molecule has 0 saturated carbocycles. The Balaban J connectivity index is 1.81. The summed E-state index contributed by atoms with van der Waals surface area (Å²) in [6.45, 7) is 6.44. The number of morpholine rings is 1. The molecule has 184 valence electrons. The summed E-state index contributed by atoms with van der Waals surface area (Å²) in [5.41, 5.74) is 9.32. The van der Waals surface area contributed by atoms with Crippen LogP contribution in [0, 0.1) is 12.3 Å². The molecule has 0 radical (unpaired) electrons. The Kier molecular flexibility index (Phi) is 6.01. The van der Waals surface area contributed by atoms with Crippen LogP contribution in [0.1, 0.15) is 41.3 Å². The van der Waals surface area contributed by atoms with Crippen molar-refractivity contribution in [1.82, 2.24) is 14.9 Å². The van der Waals surface area contributed by atoms with Crippen LogP contribution in [-0.2, 0) is 23.8 Å². The Labute approximate surface area is 201 Å². The summed E-state index contributed by atoms with van der Waals surface area (Å²) in [5, 5.41) is 8.69. The van der Waals surface area contributed by atoms with Crippen molar-refractivity contribution in [2.75, 3.05) is 32.0 Å². The van der Waals surface area contributed by atoms with Gasteiger partial charge in [0.1, 0.15) is 0 Å². The monoisotopic (exact) mass is 483 g/mol. The number of hydrogen-bond acceptors (Lipinski definition) is 6. The fourth-order valence-corrected chi connectivity index (χ4v) is 5.44. The molecule has 5 rings (SSSR count). The van der Waals surface area contributed by atoms with Gasteiger partial charge >= 0.3 is 6.18 Å². The Hall–Kier alpha value is -3.04. The summed E-state index contributed by atoms with van der Waals surface area (Å²) >= 11 is 0. The van der Waals surface area contributed by atoms with E-state index in [0.29, 0.717) is 48.3 Å². The molecule has 3 heterocycles. The molecule has 1 aromatic carbocycles. The van der Waals surface area contributed by atoms with Gasteiger partial charge in [-0.15, -0.1) is 0 Å². The van der Waals surface area contributed by atoms with E-state index in [0.717, 1.165) is 42.4 Å². The predicted octanol–water partition coefficient (Wildman–Crippen LogP) is 4.78. The first-order valence-corrected chi connectivity index (χ1v) is 11.8. The molecule has 1 aliphatic carbocycles. The number of nitrogens with zero attached hydrogens (tertiary/aromatic N) is 3. The van der Waals surface area contributed by atoms with Crippen molar-refractivity contribution < 1.29 is 17.9 Å². The number of aromatic nitrogens is 2. The SMILES string of the molecule is CC(=N)c1c(N)cc(C(F)(F)F)c2nc(-c3ccc(C)nc3)c3c(c12)CCC(N1CCOCC1)C3. The topological polar surface area (TPSA) is 88.1 Å². The molecular formula is C26H28F3N5O. The van der Waals surface area contributed by atoms with Crippen molar-refractivity contribution in [3.8, 4) is 11.3 Å². The summed E-state index contributed by atoms with van der Waals surface area (Å²) in [4.78, 5) is 11.4. The van der Waals surface area contributed by atoms with Crippen molar-refractivity contribution in [3.05, 3.63) is 52.3 Å². The highest BCUT2D eigenvalue weighted by molar-refractivity contribution is 6.14. The van der Waals surface area contributed by atoms with Gasteiger partial charge in [0.05, 0.1) is 30.0 Å². The minimum absolute atomic E-state index is 0.0404. The molecule has 1 saturated heterocycles. The molecule has 9 heteroatoms. The number of rotatable bonds is 3. The van der Waals surface area contributed by atoms with Crippen LogP contribution in [0.2, 0.25) is 0 Å². The molecule has 0 bridgehead atoms. The van der Waals surface area contributed by atoms with Crippen LogP contribution in [0.15, 0.2) is 24.4 Å². The minimum Gasteiger partial charge on any atom is -0.398 e. The molecule has 0 amide bonds. The van der Waals surface area contributed by atoms with Crippen molar-refractivity contribution in [2.45, 2.75) is 45.3 Å². The van der Waals surface area contributed by atoms with E-state index in [1.165, 1.54) is 0 Å². The van der Waals surface area contributed by atoms with Gasteiger partial charge < -0.3 is 15.9 Å². The number of nitrogen functional groups attached to an aromatic ring is 1. The van der Waals surface area contributed by atoms with Gasteiger partial charge in [-0.2, -0.15) is 13.2 Å². The second-order valence-corrected chi connectivity index (χ2v) is 9.39. The third-order valence-corrected chi connectivity index (χ3v) is 7.10. The third kappa shape index (κ3) is 4.27. The molecule has 2 aliphatic rings. The first kappa shape index (κ1) is 23.7. The van der Waals surface area contributed by atoms with E-state index >= 15 is 0 Å². The standard InChI is InChI=1S/C26H28F3N5O/c1-14-3-4-16(13-32-14)24-19-11-17(34-7-9-35-10-8-34)5-6-18(19)23-22(15(2)30)21(31)12-20(25(23)33-24)26(27,28)29/h3-4,12-13,17,30H,5-11,31H2,1-2H3. The molecule has 6 nitrogen and oxygen atoms in total. The van der Waals surface area contributed by atoms with Gasteiger partial charge in [0, 0.05) is 58.9 Å². The van der Waals surface area contributed by atoms with E-state index in [4.69, 9.17) is 15.9 Å². The van der Waals surface area contributed by atoms with E-state index in [2.05, 4.69) is 14.9 Å². The quantitative estimate of drug-likeness (QED) is 0.413. The van der Waals surface area contributed by atoms with Crippen LogP contribution in [0.3, 0.4) is 0 Å². The maximum atomic E-state index is 14.2. The Bertz CT molecular complexity index is 1300. The average Bonchev–Trinajstić information content (AvgIpc) is 2.83. The molecule has 35 heavy (non-hydrogen) atoms. The fraction of sp³-hybridized carbons (Fsp3) is 0.423. The van der Waals surface area contributed by atoms with Gasteiger partial charge in [-0.1, -0.05) is 0 Å².